The van der Waals surface area contributed by atoms with Crippen molar-refractivity contribution in [2.45, 2.75) is 13.8 Å². The average molecular weight is 254 g/mol. The van der Waals surface area contributed by atoms with Gasteiger partial charge < -0.3 is 14.7 Å². The molecule has 0 saturated carbocycles. The number of nitro groups is 1. The Morgan fingerprint density at radius 1 is 1.39 bits per heavy atom. The average Bonchev–Trinajstić information content (AvgIpc) is 2.32. The van der Waals surface area contributed by atoms with Gasteiger partial charge in [0.2, 0.25) is 5.75 Å². The van der Waals surface area contributed by atoms with Crippen molar-refractivity contribution in [2.75, 3.05) is 13.2 Å². The van der Waals surface area contributed by atoms with E-state index in [2.05, 4.69) is 5.16 Å². The first-order valence-corrected chi connectivity index (χ1v) is 5.39. The van der Waals surface area contributed by atoms with Crippen LogP contribution < -0.4 is 9.47 Å². The first-order chi connectivity index (χ1) is 8.63. The molecular weight excluding hydrogens is 240 g/mol. The van der Waals surface area contributed by atoms with Crippen LogP contribution in [-0.2, 0) is 0 Å². The Morgan fingerprint density at radius 3 is 2.56 bits per heavy atom. The molecule has 1 aromatic rings. The molecule has 0 spiro atoms. The molecule has 7 nitrogen and oxygen atoms in total. The molecule has 0 aliphatic carbocycles. The van der Waals surface area contributed by atoms with Gasteiger partial charge >= 0.3 is 5.69 Å². The highest BCUT2D eigenvalue weighted by atomic mass is 16.6. The summed E-state index contributed by atoms with van der Waals surface area (Å²) >= 11 is 0. The molecule has 18 heavy (non-hydrogen) atoms. The zero-order chi connectivity index (χ0) is 13.5. The molecule has 7 heteroatoms. The number of hydrogen-bond donors (Lipinski definition) is 1. The van der Waals surface area contributed by atoms with Crippen molar-refractivity contribution in [2.24, 2.45) is 5.16 Å². The molecule has 0 heterocycles. The van der Waals surface area contributed by atoms with Crippen LogP contribution in [0.15, 0.2) is 17.3 Å². The molecule has 0 fully saturated rings. The SMILES string of the molecule is CCOc1cc(/C=N\O)cc([N+](=O)[O-])c1OCC. The number of hydrogen-bond acceptors (Lipinski definition) is 6. The van der Waals surface area contributed by atoms with E-state index in [1.165, 1.54) is 12.1 Å². The molecule has 1 aromatic carbocycles. The number of oxime groups is 1. The van der Waals surface area contributed by atoms with E-state index in [-0.39, 0.29) is 23.8 Å². The second kappa shape index (κ2) is 6.43. The Bertz CT molecular complexity index is 459. The van der Waals surface area contributed by atoms with Gasteiger partial charge in [-0.2, -0.15) is 0 Å². The summed E-state index contributed by atoms with van der Waals surface area (Å²) < 4.78 is 10.5. The van der Waals surface area contributed by atoms with Crippen molar-refractivity contribution in [3.63, 3.8) is 0 Å². The van der Waals surface area contributed by atoms with Crippen LogP contribution in [0.2, 0.25) is 0 Å². The molecule has 0 unspecified atom stereocenters. The van der Waals surface area contributed by atoms with E-state index in [4.69, 9.17) is 14.7 Å². The first-order valence-electron chi connectivity index (χ1n) is 5.39. The van der Waals surface area contributed by atoms with E-state index in [9.17, 15) is 10.1 Å². The normalized spacial score (nSPS) is 10.6. The van der Waals surface area contributed by atoms with Crippen LogP contribution in [0, 0.1) is 10.1 Å². The van der Waals surface area contributed by atoms with Crippen LogP contribution in [0.1, 0.15) is 19.4 Å². The number of benzene rings is 1. The van der Waals surface area contributed by atoms with Crippen LogP contribution in [0.3, 0.4) is 0 Å². The van der Waals surface area contributed by atoms with E-state index in [0.717, 1.165) is 6.21 Å². The molecule has 1 rings (SSSR count). The van der Waals surface area contributed by atoms with Gasteiger partial charge in [0.05, 0.1) is 24.4 Å². The van der Waals surface area contributed by atoms with Gasteiger partial charge in [-0.1, -0.05) is 5.16 Å². The maximum Gasteiger partial charge on any atom is 0.315 e. The number of nitro benzene ring substituents is 1. The van der Waals surface area contributed by atoms with E-state index >= 15 is 0 Å². The molecule has 0 saturated heterocycles. The quantitative estimate of drug-likeness (QED) is 0.363. The Morgan fingerprint density at radius 2 is 2.06 bits per heavy atom. The maximum absolute atomic E-state index is 11.0. The summed E-state index contributed by atoms with van der Waals surface area (Å²) in [5, 5.41) is 22.3. The van der Waals surface area contributed by atoms with Crippen LogP contribution in [-0.4, -0.2) is 29.6 Å². The van der Waals surface area contributed by atoms with Gasteiger partial charge in [-0.25, -0.2) is 0 Å². The van der Waals surface area contributed by atoms with Gasteiger partial charge in [0.25, 0.3) is 0 Å². The van der Waals surface area contributed by atoms with Crippen molar-refractivity contribution in [1.29, 1.82) is 0 Å². The minimum atomic E-state index is -0.567. The lowest BCUT2D eigenvalue weighted by atomic mass is 10.2. The fourth-order valence-electron chi connectivity index (χ4n) is 1.44. The maximum atomic E-state index is 11.0. The van der Waals surface area contributed by atoms with Crippen LogP contribution >= 0.6 is 0 Å². The third kappa shape index (κ3) is 3.09. The summed E-state index contributed by atoms with van der Waals surface area (Å²) in [5.74, 6) is 0.336. The van der Waals surface area contributed by atoms with Crippen molar-refractivity contribution in [1.82, 2.24) is 0 Å². The second-order valence-corrected chi connectivity index (χ2v) is 3.23. The Hall–Kier alpha value is -2.31. The van der Waals surface area contributed by atoms with E-state index in [1.807, 2.05) is 0 Å². The largest absolute Gasteiger partial charge is 0.490 e. The third-order valence-electron chi connectivity index (χ3n) is 2.05. The van der Waals surface area contributed by atoms with Gasteiger partial charge in [0, 0.05) is 11.6 Å². The highest BCUT2D eigenvalue weighted by Crippen LogP contribution is 2.38. The highest BCUT2D eigenvalue weighted by Gasteiger charge is 2.21. The van der Waals surface area contributed by atoms with Gasteiger partial charge in [-0.05, 0) is 19.9 Å². The zero-order valence-electron chi connectivity index (χ0n) is 10.1. The van der Waals surface area contributed by atoms with Crippen molar-refractivity contribution in [3.05, 3.63) is 27.8 Å². The summed E-state index contributed by atoms with van der Waals surface area (Å²) in [5.41, 5.74) is 0.133. The van der Waals surface area contributed by atoms with E-state index in [0.29, 0.717) is 12.2 Å². The molecular formula is C11H14N2O5. The minimum Gasteiger partial charge on any atom is -0.490 e. The van der Waals surface area contributed by atoms with Crippen molar-refractivity contribution >= 4 is 11.9 Å². The minimum absolute atomic E-state index is 0.0828. The molecule has 0 aliphatic rings. The smallest absolute Gasteiger partial charge is 0.315 e. The van der Waals surface area contributed by atoms with Crippen molar-refractivity contribution in [3.8, 4) is 11.5 Å². The lowest BCUT2D eigenvalue weighted by molar-refractivity contribution is -0.385. The Balaban J connectivity index is 3.38. The van der Waals surface area contributed by atoms with Crippen LogP contribution in [0.5, 0.6) is 11.5 Å². The Labute approximate surface area is 104 Å². The fourth-order valence-corrected chi connectivity index (χ4v) is 1.44. The van der Waals surface area contributed by atoms with Gasteiger partial charge in [0.1, 0.15) is 0 Å². The fraction of sp³-hybridized carbons (Fsp3) is 0.364. The summed E-state index contributed by atoms with van der Waals surface area (Å²) in [4.78, 5) is 10.4. The van der Waals surface area contributed by atoms with Crippen molar-refractivity contribution < 1.29 is 19.6 Å². The monoisotopic (exact) mass is 254 g/mol. The third-order valence-corrected chi connectivity index (χ3v) is 2.05. The number of ether oxygens (including phenoxy) is 2. The van der Waals surface area contributed by atoms with Gasteiger partial charge in [0.15, 0.2) is 5.75 Å². The molecule has 1 N–H and O–H groups in total. The molecule has 0 bridgehead atoms. The lowest BCUT2D eigenvalue weighted by Gasteiger charge is -2.11. The standard InChI is InChI=1S/C11H14N2O5/c1-3-17-10-6-8(7-12-14)5-9(13(15)16)11(10)18-4-2/h5-7,14H,3-4H2,1-2H3/b12-7-. The predicted molar refractivity (Wildman–Crippen MR) is 64.8 cm³/mol. The number of rotatable bonds is 6. The zero-order valence-corrected chi connectivity index (χ0v) is 10.1. The summed E-state index contributed by atoms with van der Waals surface area (Å²) in [7, 11) is 0. The number of nitrogens with zero attached hydrogens (tertiary/aromatic N) is 2. The summed E-state index contributed by atoms with van der Waals surface area (Å²) in [6.45, 7) is 4.11. The summed E-state index contributed by atoms with van der Waals surface area (Å²) in [6, 6.07) is 2.77. The van der Waals surface area contributed by atoms with E-state index in [1.54, 1.807) is 13.8 Å². The van der Waals surface area contributed by atoms with Gasteiger partial charge in [-0.3, -0.25) is 10.1 Å². The topological polar surface area (TPSA) is 94.2 Å². The highest BCUT2D eigenvalue weighted by molar-refractivity contribution is 5.82. The summed E-state index contributed by atoms with van der Waals surface area (Å²) in [6.07, 6.45) is 1.09. The van der Waals surface area contributed by atoms with Crippen LogP contribution in [0.4, 0.5) is 5.69 Å². The molecule has 98 valence electrons. The van der Waals surface area contributed by atoms with E-state index < -0.39 is 4.92 Å². The van der Waals surface area contributed by atoms with Crippen LogP contribution in [0.25, 0.3) is 0 Å². The Kier molecular flexibility index (Phi) is 4.91. The molecule has 0 amide bonds. The van der Waals surface area contributed by atoms with Gasteiger partial charge in [-0.15, -0.1) is 0 Å². The molecule has 0 atom stereocenters. The predicted octanol–water partition coefficient (Wildman–Crippen LogP) is 2.20. The molecule has 0 aliphatic heterocycles. The molecule has 0 aromatic heterocycles. The lowest BCUT2D eigenvalue weighted by Crippen LogP contribution is -2.03. The second-order valence-electron chi connectivity index (χ2n) is 3.23. The first kappa shape index (κ1) is 13.8. The molecule has 0 radical (unpaired) electrons.